The third-order valence-electron chi connectivity index (χ3n) is 3.88. The quantitative estimate of drug-likeness (QED) is 0.848. The molecule has 0 saturated carbocycles. The van der Waals surface area contributed by atoms with Crippen molar-refractivity contribution in [1.29, 1.82) is 0 Å². The van der Waals surface area contributed by atoms with Crippen molar-refractivity contribution in [1.82, 2.24) is 5.32 Å². The molecule has 1 atom stereocenters. The molecule has 0 unspecified atom stereocenters. The van der Waals surface area contributed by atoms with Crippen LogP contribution in [0.1, 0.15) is 40.8 Å². The van der Waals surface area contributed by atoms with Crippen LogP contribution in [-0.4, -0.2) is 0 Å². The monoisotopic (exact) mass is 253 g/mol. The summed E-state index contributed by atoms with van der Waals surface area (Å²) in [7, 11) is 0. The van der Waals surface area contributed by atoms with Crippen LogP contribution >= 0.6 is 0 Å². The summed E-state index contributed by atoms with van der Waals surface area (Å²) in [6, 6.07) is 15.4. The van der Waals surface area contributed by atoms with E-state index in [9.17, 15) is 0 Å². The van der Waals surface area contributed by atoms with Gasteiger partial charge >= 0.3 is 0 Å². The van der Waals surface area contributed by atoms with Crippen molar-refractivity contribution < 1.29 is 0 Å². The van der Waals surface area contributed by atoms with Gasteiger partial charge in [0.25, 0.3) is 0 Å². The Morgan fingerprint density at radius 3 is 2.05 bits per heavy atom. The van der Waals surface area contributed by atoms with Crippen molar-refractivity contribution in [3.8, 4) is 0 Å². The van der Waals surface area contributed by atoms with Gasteiger partial charge in [-0.1, -0.05) is 42.5 Å². The minimum Gasteiger partial charge on any atom is -0.306 e. The summed E-state index contributed by atoms with van der Waals surface area (Å²) >= 11 is 0. The first-order valence-electron chi connectivity index (χ1n) is 6.93. The second-order valence-corrected chi connectivity index (χ2v) is 5.33. The van der Waals surface area contributed by atoms with Gasteiger partial charge in [0, 0.05) is 12.6 Å². The highest BCUT2D eigenvalue weighted by molar-refractivity contribution is 5.34. The average molecular weight is 253 g/mol. The van der Waals surface area contributed by atoms with Gasteiger partial charge in [0.1, 0.15) is 0 Å². The van der Waals surface area contributed by atoms with E-state index < -0.39 is 0 Å². The first-order chi connectivity index (χ1) is 9.09. The Morgan fingerprint density at radius 1 is 0.842 bits per heavy atom. The normalized spacial score (nSPS) is 12.4. The highest BCUT2D eigenvalue weighted by Gasteiger charge is 2.08. The molecule has 0 aliphatic carbocycles. The fourth-order valence-electron chi connectivity index (χ4n) is 2.57. The molecule has 0 aliphatic heterocycles. The van der Waals surface area contributed by atoms with Crippen molar-refractivity contribution in [2.75, 3.05) is 0 Å². The van der Waals surface area contributed by atoms with E-state index in [1.165, 1.54) is 27.8 Å². The fourth-order valence-corrected chi connectivity index (χ4v) is 2.57. The topological polar surface area (TPSA) is 12.0 Å². The van der Waals surface area contributed by atoms with Crippen molar-refractivity contribution in [3.05, 3.63) is 70.3 Å². The molecule has 0 saturated heterocycles. The summed E-state index contributed by atoms with van der Waals surface area (Å²) in [4.78, 5) is 0. The molecule has 0 spiro atoms. The lowest BCUT2D eigenvalue weighted by Crippen LogP contribution is -2.20. The lowest BCUT2D eigenvalue weighted by Gasteiger charge is -2.18. The molecule has 0 aliphatic rings. The van der Waals surface area contributed by atoms with Gasteiger partial charge < -0.3 is 5.32 Å². The lowest BCUT2D eigenvalue weighted by atomic mass is 10.0. The molecule has 1 heteroatoms. The molecule has 19 heavy (non-hydrogen) atoms. The van der Waals surface area contributed by atoms with Gasteiger partial charge in [0.05, 0.1) is 0 Å². The van der Waals surface area contributed by atoms with Crippen LogP contribution in [0.3, 0.4) is 0 Å². The third kappa shape index (κ3) is 3.24. The van der Waals surface area contributed by atoms with Gasteiger partial charge in [-0.3, -0.25) is 0 Å². The van der Waals surface area contributed by atoms with Crippen LogP contribution in [0, 0.1) is 20.8 Å². The maximum absolute atomic E-state index is 3.64. The van der Waals surface area contributed by atoms with E-state index >= 15 is 0 Å². The van der Waals surface area contributed by atoms with E-state index in [1.54, 1.807) is 0 Å². The molecular weight excluding hydrogens is 230 g/mol. The van der Waals surface area contributed by atoms with Crippen LogP contribution in [0.4, 0.5) is 0 Å². The zero-order valence-electron chi connectivity index (χ0n) is 12.3. The molecule has 2 rings (SSSR count). The predicted octanol–water partition coefficient (Wildman–Crippen LogP) is 4.46. The van der Waals surface area contributed by atoms with E-state index in [0.29, 0.717) is 6.04 Å². The first-order valence-corrected chi connectivity index (χ1v) is 6.93. The maximum atomic E-state index is 3.64. The molecule has 0 heterocycles. The number of rotatable bonds is 4. The predicted molar refractivity (Wildman–Crippen MR) is 82.3 cm³/mol. The summed E-state index contributed by atoms with van der Waals surface area (Å²) < 4.78 is 0. The van der Waals surface area contributed by atoms with Crippen molar-refractivity contribution in [3.63, 3.8) is 0 Å². The molecule has 2 aromatic carbocycles. The van der Waals surface area contributed by atoms with E-state index in [2.05, 4.69) is 75.5 Å². The van der Waals surface area contributed by atoms with Crippen LogP contribution in [0.2, 0.25) is 0 Å². The van der Waals surface area contributed by atoms with Gasteiger partial charge in [0.2, 0.25) is 0 Å². The highest BCUT2D eigenvalue weighted by Crippen LogP contribution is 2.19. The zero-order chi connectivity index (χ0) is 13.8. The Morgan fingerprint density at radius 2 is 1.42 bits per heavy atom. The van der Waals surface area contributed by atoms with Crippen LogP contribution in [0.15, 0.2) is 42.5 Å². The highest BCUT2D eigenvalue weighted by atomic mass is 14.9. The fraction of sp³-hybridized carbons (Fsp3) is 0.333. The number of hydrogen-bond donors (Lipinski definition) is 1. The Kier molecular flexibility index (Phi) is 4.39. The van der Waals surface area contributed by atoms with Crippen molar-refractivity contribution in [2.24, 2.45) is 0 Å². The van der Waals surface area contributed by atoms with Crippen LogP contribution < -0.4 is 5.32 Å². The number of benzene rings is 2. The molecule has 100 valence electrons. The first kappa shape index (κ1) is 13.8. The maximum Gasteiger partial charge on any atom is 0.0297 e. The third-order valence-corrected chi connectivity index (χ3v) is 3.88. The van der Waals surface area contributed by atoms with E-state index in [-0.39, 0.29) is 0 Å². The lowest BCUT2D eigenvalue weighted by molar-refractivity contribution is 0.569. The average Bonchev–Trinajstić information content (AvgIpc) is 2.38. The Balaban J connectivity index is 2.09. The summed E-state index contributed by atoms with van der Waals surface area (Å²) in [5.41, 5.74) is 6.88. The molecule has 1 N–H and O–H groups in total. The molecule has 2 aromatic rings. The minimum absolute atomic E-state index is 0.375. The van der Waals surface area contributed by atoms with Gasteiger partial charge in [0.15, 0.2) is 0 Å². The molecule has 1 nitrogen and oxygen atoms in total. The summed E-state index contributed by atoms with van der Waals surface area (Å²) in [5, 5.41) is 3.64. The second kappa shape index (κ2) is 6.03. The minimum atomic E-state index is 0.375. The molecule has 0 fully saturated rings. The Hall–Kier alpha value is -1.60. The summed E-state index contributed by atoms with van der Waals surface area (Å²) in [5.74, 6) is 0. The largest absolute Gasteiger partial charge is 0.306 e. The summed E-state index contributed by atoms with van der Waals surface area (Å²) in [6.07, 6.45) is 0. The molecule has 0 amide bonds. The zero-order valence-corrected chi connectivity index (χ0v) is 12.3. The smallest absolute Gasteiger partial charge is 0.0297 e. The molecule has 0 aromatic heterocycles. The Labute approximate surface area is 116 Å². The second-order valence-electron chi connectivity index (χ2n) is 5.33. The van der Waals surface area contributed by atoms with E-state index in [0.717, 1.165) is 6.54 Å². The van der Waals surface area contributed by atoms with Crippen molar-refractivity contribution >= 4 is 0 Å². The molecule has 0 bridgehead atoms. The van der Waals surface area contributed by atoms with E-state index in [4.69, 9.17) is 0 Å². The van der Waals surface area contributed by atoms with Gasteiger partial charge in [-0.25, -0.2) is 0 Å². The van der Waals surface area contributed by atoms with Gasteiger partial charge in [-0.2, -0.15) is 0 Å². The number of aryl methyl sites for hydroxylation is 3. The van der Waals surface area contributed by atoms with Crippen molar-refractivity contribution in [2.45, 2.75) is 40.3 Å². The summed E-state index contributed by atoms with van der Waals surface area (Å²) in [6.45, 7) is 9.70. The van der Waals surface area contributed by atoms with Crippen LogP contribution in [-0.2, 0) is 6.54 Å². The Bertz CT molecular complexity index is 537. The molecular formula is C18H23N. The standard InChI is InChI=1S/C18H23N/c1-13-8-5-6-11-17(13)16(4)19-12-18-14(2)9-7-10-15(18)3/h5-11,16,19H,12H2,1-4H3/t16-/m0/s1. The number of nitrogens with one attached hydrogen (secondary N) is 1. The number of hydrogen-bond acceptors (Lipinski definition) is 1. The van der Waals surface area contributed by atoms with Gasteiger partial charge in [-0.05, 0) is 55.5 Å². The van der Waals surface area contributed by atoms with Crippen LogP contribution in [0.25, 0.3) is 0 Å². The van der Waals surface area contributed by atoms with Gasteiger partial charge in [-0.15, -0.1) is 0 Å². The van der Waals surface area contributed by atoms with E-state index in [1.807, 2.05) is 0 Å². The SMILES string of the molecule is Cc1ccccc1[C@H](C)NCc1c(C)cccc1C. The molecule has 0 radical (unpaired) electrons. The van der Waals surface area contributed by atoms with Crippen LogP contribution in [0.5, 0.6) is 0 Å².